The summed E-state index contributed by atoms with van der Waals surface area (Å²) in [6.07, 6.45) is 1.81. The third kappa shape index (κ3) is 5.30. The van der Waals surface area contributed by atoms with Crippen LogP contribution >= 0.6 is 0 Å². The van der Waals surface area contributed by atoms with Crippen LogP contribution in [0.1, 0.15) is 61.1 Å². The third-order valence-electron chi connectivity index (χ3n) is 6.39. The Morgan fingerprint density at radius 3 is 2.32 bits per heavy atom. The topological polar surface area (TPSA) is 117 Å². The van der Waals surface area contributed by atoms with E-state index in [0.29, 0.717) is 24.5 Å². The SMILES string of the molecule is CCCCc1c(C(OC)OC)n(C(=O)CC)c(=O)n1Cc1ccc(-c2ccccc2-c2nnn[nH]2)cc1. The minimum absolute atomic E-state index is 0.194. The first kappa shape index (κ1) is 26.2. The standard InChI is InChI=1S/C27H32N6O4/c1-5-7-12-22-24(26(36-3)37-4)33(23(34)6-2)27(35)32(22)17-18-13-15-19(16-14-18)20-10-8-9-11-21(20)25-28-30-31-29-25/h8-11,13-16,26H,5-7,12,17H2,1-4H3,(H,28,29,30,31). The van der Waals surface area contributed by atoms with Gasteiger partial charge in [0.05, 0.1) is 6.54 Å². The van der Waals surface area contributed by atoms with Crippen LogP contribution in [0.2, 0.25) is 0 Å². The monoisotopic (exact) mass is 504 g/mol. The Hall–Kier alpha value is -3.89. The molecule has 2 heterocycles. The van der Waals surface area contributed by atoms with Crippen molar-refractivity contribution in [1.29, 1.82) is 0 Å². The number of aromatic nitrogens is 6. The van der Waals surface area contributed by atoms with Gasteiger partial charge in [-0.15, -0.1) is 5.10 Å². The van der Waals surface area contributed by atoms with E-state index >= 15 is 0 Å². The molecule has 0 aliphatic carbocycles. The van der Waals surface area contributed by atoms with Gasteiger partial charge in [0.25, 0.3) is 0 Å². The molecule has 10 nitrogen and oxygen atoms in total. The molecule has 0 bridgehead atoms. The van der Waals surface area contributed by atoms with Crippen molar-refractivity contribution < 1.29 is 14.3 Å². The molecule has 0 saturated carbocycles. The van der Waals surface area contributed by atoms with Gasteiger partial charge in [-0.3, -0.25) is 9.36 Å². The number of unbranched alkanes of at least 4 members (excludes halogenated alkanes) is 1. The highest BCUT2D eigenvalue weighted by Gasteiger charge is 2.29. The highest BCUT2D eigenvalue weighted by atomic mass is 16.7. The fourth-order valence-electron chi connectivity index (χ4n) is 4.52. The summed E-state index contributed by atoms with van der Waals surface area (Å²) in [5.74, 6) is 0.302. The predicted octanol–water partition coefficient (Wildman–Crippen LogP) is 4.23. The number of tetrazole rings is 1. The molecule has 0 saturated heterocycles. The number of hydrogen-bond acceptors (Lipinski definition) is 7. The van der Waals surface area contributed by atoms with Crippen LogP contribution in [0.15, 0.2) is 53.3 Å². The molecule has 0 aliphatic heterocycles. The Bertz CT molecular complexity index is 1390. The van der Waals surface area contributed by atoms with Gasteiger partial charge in [0.1, 0.15) is 5.69 Å². The zero-order chi connectivity index (χ0) is 26.4. The van der Waals surface area contributed by atoms with Crippen LogP contribution < -0.4 is 5.69 Å². The fraction of sp³-hybridized carbons (Fsp3) is 0.370. The fourth-order valence-corrected chi connectivity index (χ4v) is 4.52. The van der Waals surface area contributed by atoms with Crippen LogP contribution in [0.25, 0.3) is 22.5 Å². The van der Waals surface area contributed by atoms with Crippen LogP contribution in [0.4, 0.5) is 0 Å². The maximum absolute atomic E-state index is 13.6. The highest BCUT2D eigenvalue weighted by molar-refractivity contribution is 5.80. The smallest absolute Gasteiger partial charge is 0.335 e. The van der Waals surface area contributed by atoms with Gasteiger partial charge in [0.15, 0.2) is 5.82 Å². The predicted molar refractivity (Wildman–Crippen MR) is 139 cm³/mol. The van der Waals surface area contributed by atoms with E-state index in [4.69, 9.17) is 9.47 Å². The summed E-state index contributed by atoms with van der Waals surface area (Å²) in [5, 5.41) is 14.2. The number of nitrogens with zero attached hydrogens (tertiary/aromatic N) is 5. The summed E-state index contributed by atoms with van der Waals surface area (Å²) >= 11 is 0. The van der Waals surface area contributed by atoms with Crippen LogP contribution in [0.3, 0.4) is 0 Å². The quantitative estimate of drug-likeness (QED) is 0.304. The number of H-pyrrole nitrogens is 1. The lowest BCUT2D eigenvalue weighted by atomic mass is 9.98. The van der Waals surface area contributed by atoms with Crippen molar-refractivity contribution in [2.75, 3.05) is 14.2 Å². The Balaban J connectivity index is 1.74. The molecule has 37 heavy (non-hydrogen) atoms. The van der Waals surface area contributed by atoms with Gasteiger partial charge >= 0.3 is 5.69 Å². The Morgan fingerprint density at radius 2 is 1.73 bits per heavy atom. The molecule has 0 radical (unpaired) electrons. The first-order valence-electron chi connectivity index (χ1n) is 12.4. The van der Waals surface area contributed by atoms with Gasteiger partial charge < -0.3 is 9.47 Å². The number of aromatic amines is 1. The van der Waals surface area contributed by atoms with Gasteiger partial charge in [-0.25, -0.2) is 14.5 Å². The molecule has 0 aliphatic rings. The van der Waals surface area contributed by atoms with Crippen molar-refractivity contribution in [3.63, 3.8) is 0 Å². The first-order chi connectivity index (χ1) is 18.0. The molecule has 194 valence electrons. The largest absolute Gasteiger partial charge is 0.350 e. The van der Waals surface area contributed by atoms with E-state index in [2.05, 4.69) is 27.5 Å². The van der Waals surface area contributed by atoms with E-state index in [1.54, 1.807) is 11.5 Å². The van der Waals surface area contributed by atoms with E-state index in [1.807, 2.05) is 48.5 Å². The summed E-state index contributed by atoms with van der Waals surface area (Å²) in [4.78, 5) is 26.4. The molecule has 2 aromatic carbocycles. The molecule has 0 unspecified atom stereocenters. The zero-order valence-corrected chi connectivity index (χ0v) is 21.6. The number of carbonyl (C=O) groups is 1. The van der Waals surface area contributed by atoms with Gasteiger partial charge in [0.2, 0.25) is 12.2 Å². The number of benzene rings is 2. The van der Waals surface area contributed by atoms with Crippen molar-refractivity contribution in [1.82, 2.24) is 29.8 Å². The van der Waals surface area contributed by atoms with E-state index < -0.39 is 6.29 Å². The average molecular weight is 505 g/mol. The van der Waals surface area contributed by atoms with Crippen LogP contribution in [-0.2, 0) is 22.4 Å². The lowest BCUT2D eigenvalue weighted by molar-refractivity contribution is -0.110. The first-order valence-corrected chi connectivity index (χ1v) is 12.4. The van der Waals surface area contributed by atoms with E-state index in [9.17, 15) is 9.59 Å². The summed E-state index contributed by atoms with van der Waals surface area (Å²) in [6.45, 7) is 4.15. The Morgan fingerprint density at radius 1 is 1.03 bits per heavy atom. The second-order valence-corrected chi connectivity index (χ2v) is 8.68. The summed E-state index contributed by atoms with van der Waals surface area (Å²) < 4.78 is 13.9. The normalized spacial score (nSPS) is 11.4. The molecule has 4 aromatic rings. The van der Waals surface area contributed by atoms with E-state index in [1.165, 1.54) is 18.8 Å². The van der Waals surface area contributed by atoms with E-state index in [-0.39, 0.29) is 18.0 Å². The van der Waals surface area contributed by atoms with Crippen molar-refractivity contribution in [3.05, 3.63) is 76.0 Å². The molecule has 4 rings (SSSR count). The van der Waals surface area contributed by atoms with Crippen molar-refractivity contribution in [2.45, 2.75) is 52.4 Å². The highest BCUT2D eigenvalue weighted by Crippen LogP contribution is 2.30. The van der Waals surface area contributed by atoms with Crippen molar-refractivity contribution in [2.24, 2.45) is 0 Å². The van der Waals surface area contributed by atoms with Crippen molar-refractivity contribution in [3.8, 4) is 22.5 Å². The number of nitrogens with one attached hydrogen (secondary N) is 1. The lowest BCUT2D eigenvalue weighted by Crippen LogP contribution is -2.31. The number of imidazole rings is 1. The van der Waals surface area contributed by atoms with Gasteiger partial charge in [-0.2, -0.15) is 0 Å². The summed E-state index contributed by atoms with van der Waals surface area (Å²) in [6, 6.07) is 15.9. The number of methoxy groups -OCH3 is 2. The van der Waals surface area contributed by atoms with Crippen LogP contribution in [-0.4, -0.2) is 49.9 Å². The number of hydrogen-bond donors (Lipinski definition) is 1. The lowest BCUT2D eigenvalue weighted by Gasteiger charge is -2.17. The molecule has 1 N–H and O–H groups in total. The van der Waals surface area contributed by atoms with E-state index in [0.717, 1.165) is 40.8 Å². The minimum Gasteiger partial charge on any atom is -0.350 e. The summed E-state index contributed by atoms with van der Waals surface area (Å²) in [5.41, 5.74) is 4.66. The molecular formula is C27H32N6O4. The average Bonchev–Trinajstić information content (AvgIpc) is 3.56. The van der Waals surface area contributed by atoms with Gasteiger partial charge in [0, 0.05) is 31.9 Å². The Kier molecular flexibility index (Phi) is 8.42. The van der Waals surface area contributed by atoms with Gasteiger partial charge in [-0.05, 0) is 40.0 Å². The van der Waals surface area contributed by atoms with Crippen molar-refractivity contribution >= 4 is 5.91 Å². The Labute approximate surface area is 215 Å². The van der Waals surface area contributed by atoms with Gasteiger partial charge in [-0.1, -0.05) is 68.8 Å². The van der Waals surface area contributed by atoms with Crippen LogP contribution in [0, 0.1) is 0 Å². The number of rotatable bonds is 11. The molecule has 10 heteroatoms. The minimum atomic E-state index is -0.819. The maximum atomic E-state index is 13.6. The maximum Gasteiger partial charge on any atom is 0.335 e. The molecule has 0 fully saturated rings. The zero-order valence-electron chi connectivity index (χ0n) is 21.6. The molecule has 0 atom stereocenters. The van der Waals surface area contributed by atoms with Crippen LogP contribution in [0.5, 0.6) is 0 Å². The second kappa shape index (κ2) is 11.9. The molecule has 0 amide bonds. The third-order valence-corrected chi connectivity index (χ3v) is 6.39. The second-order valence-electron chi connectivity index (χ2n) is 8.68. The molecule has 0 spiro atoms. The summed E-state index contributed by atoms with van der Waals surface area (Å²) in [7, 11) is 3.01. The molecular weight excluding hydrogens is 472 g/mol. The number of carbonyl (C=O) groups excluding carboxylic acids is 1. The number of ether oxygens (including phenoxy) is 2. The molecule has 2 aromatic heterocycles.